The number of anilines is 1. The van der Waals surface area contributed by atoms with Gasteiger partial charge in [0.05, 0.1) is 12.8 Å². The van der Waals surface area contributed by atoms with E-state index in [1.165, 1.54) is 25.3 Å². The van der Waals surface area contributed by atoms with Crippen molar-refractivity contribution in [3.8, 4) is 5.75 Å². The normalized spacial score (nSPS) is 14.0. The number of nitrogens with two attached hydrogens (primary N) is 1. The first-order valence-electron chi connectivity index (χ1n) is 6.16. The van der Waals surface area contributed by atoms with Crippen LogP contribution in [-0.4, -0.2) is 30.5 Å². The highest BCUT2D eigenvalue weighted by molar-refractivity contribution is 6.43. The second-order valence-electron chi connectivity index (χ2n) is 4.33. The molecule has 0 bridgehead atoms. The molecule has 3 amide bonds. The van der Waals surface area contributed by atoms with Gasteiger partial charge in [-0.1, -0.05) is 0 Å². The SMILES string of the molecule is COc1ccc(C(N)=O)cc1NC(=O)C1=NNC(=O)CC1. The Hall–Kier alpha value is -2.90. The van der Waals surface area contributed by atoms with Gasteiger partial charge in [0.15, 0.2) is 0 Å². The number of ether oxygens (including phenoxy) is 1. The molecule has 21 heavy (non-hydrogen) atoms. The van der Waals surface area contributed by atoms with Crippen LogP contribution in [0.25, 0.3) is 0 Å². The van der Waals surface area contributed by atoms with Gasteiger partial charge < -0.3 is 15.8 Å². The summed E-state index contributed by atoms with van der Waals surface area (Å²) in [6.45, 7) is 0. The van der Waals surface area contributed by atoms with E-state index >= 15 is 0 Å². The average molecular weight is 290 g/mol. The van der Waals surface area contributed by atoms with Gasteiger partial charge in [0.2, 0.25) is 11.8 Å². The van der Waals surface area contributed by atoms with E-state index in [1.807, 2.05) is 0 Å². The average Bonchev–Trinajstić information content (AvgIpc) is 2.47. The third-order valence-electron chi connectivity index (χ3n) is 2.90. The summed E-state index contributed by atoms with van der Waals surface area (Å²) < 4.78 is 5.11. The van der Waals surface area contributed by atoms with Gasteiger partial charge in [-0.3, -0.25) is 14.4 Å². The molecule has 8 nitrogen and oxygen atoms in total. The first-order chi connectivity index (χ1) is 10.0. The van der Waals surface area contributed by atoms with Crippen LogP contribution in [0.4, 0.5) is 5.69 Å². The van der Waals surface area contributed by atoms with Crippen LogP contribution in [0.3, 0.4) is 0 Å². The molecule has 8 heteroatoms. The minimum atomic E-state index is -0.615. The van der Waals surface area contributed by atoms with Gasteiger partial charge in [-0.15, -0.1) is 0 Å². The lowest BCUT2D eigenvalue weighted by Gasteiger charge is -2.14. The Balaban J connectivity index is 2.21. The number of methoxy groups -OCH3 is 1. The molecule has 0 atom stereocenters. The minimum Gasteiger partial charge on any atom is -0.495 e. The fourth-order valence-corrected chi connectivity index (χ4v) is 1.79. The summed E-state index contributed by atoms with van der Waals surface area (Å²) in [5.74, 6) is -0.945. The zero-order chi connectivity index (χ0) is 15.4. The summed E-state index contributed by atoms with van der Waals surface area (Å²) in [6, 6.07) is 4.44. The van der Waals surface area contributed by atoms with E-state index in [0.29, 0.717) is 11.4 Å². The quantitative estimate of drug-likeness (QED) is 0.722. The van der Waals surface area contributed by atoms with E-state index in [9.17, 15) is 14.4 Å². The van der Waals surface area contributed by atoms with Gasteiger partial charge in [0.25, 0.3) is 5.91 Å². The molecule has 0 aliphatic carbocycles. The van der Waals surface area contributed by atoms with E-state index in [-0.39, 0.29) is 30.0 Å². The van der Waals surface area contributed by atoms with E-state index < -0.39 is 11.8 Å². The zero-order valence-electron chi connectivity index (χ0n) is 11.3. The van der Waals surface area contributed by atoms with Crippen molar-refractivity contribution in [1.29, 1.82) is 0 Å². The highest BCUT2D eigenvalue weighted by Gasteiger charge is 2.19. The molecule has 0 saturated heterocycles. The molecule has 0 radical (unpaired) electrons. The van der Waals surface area contributed by atoms with Crippen LogP contribution in [0.15, 0.2) is 23.3 Å². The van der Waals surface area contributed by atoms with Crippen molar-refractivity contribution in [2.24, 2.45) is 10.8 Å². The van der Waals surface area contributed by atoms with E-state index in [1.54, 1.807) is 0 Å². The molecule has 0 saturated carbocycles. The van der Waals surface area contributed by atoms with Crippen LogP contribution >= 0.6 is 0 Å². The predicted octanol–water partition coefficient (Wildman–Crippen LogP) is -0.00140. The molecule has 1 aromatic rings. The van der Waals surface area contributed by atoms with Crippen molar-refractivity contribution in [3.63, 3.8) is 0 Å². The van der Waals surface area contributed by atoms with E-state index in [4.69, 9.17) is 10.5 Å². The first-order valence-corrected chi connectivity index (χ1v) is 6.16. The van der Waals surface area contributed by atoms with Crippen molar-refractivity contribution in [3.05, 3.63) is 23.8 Å². The Morgan fingerprint density at radius 1 is 1.38 bits per heavy atom. The summed E-state index contributed by atoms with van der Waals surface area (Å²) in [6.07, 6.45) is 0.445. The monoisotopic (exact) mass is 290 g/mol. The lowest BCUT2D eigenvalue weighted by atomic mass is 10.1. The smallest absolute Gasteiger partial charge is 0.271 e. The van der Waals surface area contributed by atoms with Crippen molar-refractivity contribution in [2.75, 3.05) is 12.4 Å². The highest BCUT2D eigenvalue weighted by Crippen LogP contribution is 2.25. The maximum atomic E-state index is 12.1. The minimum absolute atomic E-state index is 0.195. The molecule has 1 aromatic carbocycles. The zero-order valence-corrected chi connectivity index (χ0v) is 11.3. The number of hydrogen-bond donors (Lipinski definition) is 3. The number of carbonyl (C=O) groups excluding carboxylic acids is 3. The first kappa shape index (κ1) is 14.5. The fourth-order valence-electron chi connectivity index (χ4n) is 1.79. The maximum absolute atomic E-state index is 12.1. The van der Waals surface area contributed by atoms with Gasteiger partial charge in [-0.2, -0.15) is 5.10 Å². The van der Waals surface area contributed by atoms with Crippen molar-refractivity contribution in [1.82, 2.24) is 5.43 Å². The Labute approximate surface area is 120 Å². The van der Waals surface area contributed by atoms with Crippen LogP contribution in [0.5, 0.6) is 5.75 Å². The van der Waals surface area contributed by atoms with Gasteiger partial charge in [-0.05, 0) is 18.2 Å². The number of hydrazone groups is 1. The number of hydrogen-bond acceptors (Lipinski definition) is 5. The van der Waals surface area contributed by atoms with Crippen LogP contribution in [0.2, 0.25) is 0 Å². The Morgan fingerprint density at radius 3 is 2.71 bits per heavy atom. The number of primary amides is 1. The van der Waals surface area contributed by atoms with Crippen LogP contribution < -0.4 is 21.2 Å². The van der Waals surface area contributed by atoms with Crippen molar-refractivity contribution >= 4 is 29.1 Å². The number of carbonyl (C=O) groups is 3. The highest BCUT2D eigenvalue weighted by atomic mass is 16.5. The number of nitrogens with zero attached hydrogens (tertiary/aromatic N) is 1. The second-order valence-corrected chi connectivity index (χ2v) is 4.33. The summed E-state index contributed by atoms with van der Waals surface area (Å²) >= 11 is 0. The van der Waals surface area contributed by atoms with Crippen molar-refractivity contribution < 1.29 is 19.1 Å². The lowest BCUT2D eigenvalue weighted by molar-refractivity contribution is -0.121. The topological polar surface area (TPSA) is 123 Å². The van der Waals surface area contributed by atoms with Gasteiger partial charge >= 0.3 is 0 Å². The Kier molecular flexibility index (Phi) is 4.17. The molecule has 0 aromatic heterocycles. The van der Waals surface area contributed by atoms with Crippen LogP contribution in [-0.2, 0) is 9.59 Å². The van der Waals surface area contributed by atoms with Crippen LogP contribution in [0, 0.1) is 0 Å². The molecule has 0 spiro atoms. The van der Waals surface area contributed by atoms with Gasteiger partial charge in [-0.25, -0.2) is 5.43 Å². The largest absolute Gasteiger partial charge is 0.495 e. The molecular weight excluding hydrogens is 276 g/mol. The Morgan fingerprint density at radius 2 is 2.14 bits per heavy atom. The molecule has 2 rings (SSSR count). The maximum Gasteiger partial charge on any atom is 0.271 e. The third-order valence-corrected chi connectivity index (χ3v) is 2.90. The third kappa shape index (κ3) is 3.35. The molecule has 0 fully saturated rings. The summed E-state index contributed by atoms with van der Waals surface area (Å²) in [7, 11) is 1.44. The number of rotatable bonds is 4. The second kappa shape index (κ2) is 6.04. The molecular formula is C13H14N4O4. The Bertz CT molecular complexity index is 639. The molecule has 1 aliphatic heterocycles. The number of nitrogens with one attached hydrogen (secondary N) is 2. The standard InChI is InChI=1S/C13H14N4O4/c1-21-10-4-2-7(12(14)19)6-9(10)15-13(20)8-3-5-11(18)17-16-8/h2,4,6H,3,5H2,1H3,(H2,14,19)(H,15,20)(H,17,18). The number of amides is 3. The fraction of sp³-hybridized carbons (Fsp3) is 0.231. The summed E-state index contributed by atoms with van der Waals surface area (Å²) in [5.41, 5.74) is 8.18. The molecule has 1 heterocycles. The number of benzene rings is 1. The molecule has 4 N–H and O–H groups in total. The van der Waals surface area contributed by atoms with Gasteiger partial charge in [0.1, 0.15) is 11.5 Å². The summed E-state index contributed by atoms with van der Waals surface area (Å²) in [5, 5.41) is 6.28. The van der Waals surface area contributed by atoms with Crippen molar-refractivity contribution in [2.45, 2.75) is 12.8 Å². The van der Waals surface area contributed by atoms with E-state index in [0.717, 1.165) is 0 Å². The molecule has 1 aliphatic rings. The predicted molar refractivity (Wildman–Crippen MR) is 75.0 cm³/mol. The van der Waals surface area contributed by atoms with Gasteiger partial charge in [0, 0.05) is 18.4 Å². The molecule has 110 valence electrons. The lowest BCUT2D eigenvalue weighted by Crippen LogP contribution is -2.32. The van der Waals surface area contributed by atoms with Crippen LogP contribution in [0.1, 0.15) is 23.2 Å². The summed E-state index contributed by atoms with van der Waals surface area (Å²) in [4.78, 5) is 34.2. The van der Waals surface area contributed by atoms with E-state index in [2.05, 4.69) is 15.8 Å². The molecule has 0 unspecified atom stereocenters.